The Balaban J connectivity index is 1.61. The van der Waals surface area contributed by atoms with Crippen molar-refractivity contribution >= 4 is 11.5 Å². The fraction of sp³-hybridized carbons (Fsp3) is 0.833. The number of ether oxygens (including phenoxy) is 2. The number of piperidine rings is 1. The van der Waals surface area contributed by atoms with Gasteiger partial charge >= 0.3 is 0 Å². The summed E-state index contributed by atoms with van der Waals surface area (Å²) in [6.45, 7) is 6.58. The van der Waals surface area contributed by atoms with Crippen molar-refractivity contribution in [1.82, 2.24) is 14.5 Å². The van der Waals surface area contributed by atoms with Crippen molar-refractivity contribution in [3.05, 3.63) is 11.1 Å². The van der Waals surface area contributed by atoms with Crippen LogP contribution in [0, 0.1) is 5.92 Å². The quantitative estimate of drug-likeness (QED) is 0.832. The molecule has 0 radical (unpaired) electrons. The zero-order valence-electron chi connectivity index (χ0n) is 10.7. The molecule has 0 unspecified atom stereocenters. The van der Waals surface area contributed by atoms with E-state index in [4.69, 9.17) is 9.47 Å². The largest absolute Gasteiger partial charge is 0.347 e. The molecule has 1 atom stereocenters. The van der Waals surface area contributed by atoms with Gasteiger partial charge in [-0.05, 0) is 37.8 Å². The first kappa shape index (κ1) is 12.5. The molecule has 0 aromatic carbocycles. The van der Waals surface area contributed by atoms with Crippen molar-refractivity contribution in [3.8, 4) is 0 Å². The van der Waals surface area contributed by atoms with Crippen LogP contribution < -0.4 is 0 Å². The van der Waals surface area contributed by atoms with Gasteiger partial charge in [0.15, 0.2) is 5.79 Å². The van der Waals surface area contributed by atoms with E-state index in [9.17, 15) is 0 Å². The van der Waals surface area contributed by atoms with Crippen molar-refractivity contribution in [1.29, 1.82) is 0 Å². The Morgan fingerprint density at radius 1 is 1.50 bits per heavy atom. The van der Waals surface area contributed by atoms with Crippen LogP contribution in [-0.2, 0) is 16.0 Å². The molecule has 6 heteroatoms. The number of aromatic nitrogens is 2. The molecule has 2 aliphatic rings. The number of likely N-dealkylation sites (tertiary alicyclic amines) is 1. The number of rotatable bonds is 3. The van der Waals surface area contributed by atoms with Crippen molar-refractivity contribution in [2.75, 3.05) is 26.3 Å². The Morgan fingerprint density at radius 3 is 3.06 bits per heavy atom. The van der Waals surface area contributed by atoms with E-state index < -0.39 is 0 Å². The first-order valence-corrected chi connectivity index (χ1v) is 7.36. The van der Waals surface area contributed by atoms with E-state index in [1.165, 1.54) is 24.4 Å². The molecule has 5 nitrogen and oxygen atoms in total. The first-order chi connectivity index (χ1) is 8.76. The molecular weight excluding hydrogens is 250 g/mol. The Kier molecular flexibility index (Phi) is 3.61. The molecule has 3 heterocycles. The molecule has 2 saturated heterocycles. The Morgan fingerprint density at radius 2 is 2.33 bits per heavy atom. The smallest absolute Gasteiger partial charge is 0.169 e. The standard InChI is InChI=1S/C12H19N3O2S/c1-12(16-5-6-17-12)10-3-2-4-15(7-10)8-11-9-18-14-13-11/h9-10H,2-8H2,1H3/t10-/m1/s1. The predicted octanol–water partition coefficient (Wildman–Crippen LogP) is 1.51. The van der Waals surface area contributed by atoms with E-state index in [1.54, 1.807) is 0 Å². The van der Waals surface area contributed by atoms with Gasteiger partial charge in [-0.3, -0.25) is 4.90 Å². The first-order valence-electron chi connectivity index (χ1n) is 6.52. The van der Waals surface area contributed by atoms with Gasteiger partial charge in [0.05, 0.1) is 18.9 Å². The van der Waals surface area contributed by atoms with Crippen molar-refractivity contribution in [3.63, 3.8) is 0 Å². The summed E-state index contributed by atoms with van der Waals surface area (Å²) < 4.78 is 15.5. The molecule has 0 saturated carbocycles. The Hall–Kier alpha value is -0.560. The number of hydrogen-bond donors (Lipinski definition) is 0. The van der Waals surface area contributed by atoms with Crippen LogP contribution in [0.5, 0.6) is 0 Å². The summed E-state index contributed by atoms with van der Waals surface area (Å²) in [7, 11) is 0. The van der Waals surface area contributed by atoms with E-state index >= 15 is 0 Å². The van der Waals surface area contributed by atoms with E-state index in [0.717, 1.165) is 38.5 Å². The van der Waals surface area contributed by atoms with Gasteiger partial charge in [-0.1, -0.05) is 4.49 Å². The highest BCUT2D eigenvalue weighted by Gasteiger charge is 2.41. The number of hydrogen-bond acceptors (Lipinski definition) is 6. The highest BCUT2D eigenvalue weighted by molar-refractivity contribution is 7.03. The van der Waals surface area contributed by atoms with Crippen LogP contribution in [0.2, 0.25) is 0 Å². The van der Waals surface area contributed by atoms with Crippen LogP contribution in [0.25, 0.3) is 0 Å². The molecule has 100 valence electrons. The van der Waals surface area contributed by atoms with Gasteiger partial charge in [-0.2, -0.15) is 0 Å². The van der Waals surface area contributed by atoms with Gasteiger partial charge < -0.3 is 9.47 Å². The third-order valence-corrected chi connectivity index (χ3v) is 4.45. The fourth-order valence-corrected chi connectivity index (χ4v) is 3.32. The maximum atomic E-state index is 5.79. The summed E-state index contributed by atoms with van der Waals surface area (Å²) >= 11 is 1.42. The van der Waals surface area contributed by atoms with Crippen molar-refractivity contribution < 1.29 is 9.47 Å². The zero-order chi connectivity index (χ0) is 12.4. The van der Waals surface area contributed by atoms with Gasteiger partial charge in [0.25, 0.3) is 0 Å². The fourth-order valence-electron chi connectivity index (χ4n) is 2.88. The molecule has 0 aliphatic carbocycles. The second-order valence-corrected chi connectivity index (χ2v) is 5.79. The maximum absolute atomic E-state index is 5.79. The van der Waals surface area contributed by atoms with Gasteiger partial charge in [-0.15, -0.1) is 5.10 Å². The van der Waals surface area contributed by atoms with Gasteiger partial charge in [0, 0.05) is 24.4 Å². The summed E-state index contributed by atoms with van der Waals surface area (Å²) in [6, 6.07) is 0. The highest BCUT2D eigenvalue weighted by Crippen LogP contribution is 2.34. The van der Waals surface area contributed by atoms with Crippen molar-refractivity contribution in [2.45, 2.75) is 32.1 Å². The lowest BCUT2D eigenvalue weighted by molar-refractivity contribution is -0.192. The minimum atomic E-state index is -0.376. The van der Waals surface area contributed by atoms with Crippen LogP contribution >= 0.6 is 11.5 Å². The average molecular weight is 269 g/mol. The molecule has 1 aromatic heterocycles. The third kappa shape index (κ3) is 2.56. The van der Waals surface area contributed by atoms with E-state index in [1.807, 2.05) is 5.38 Å². The monoisotopic (exact) mass is 269 g/mol. The minimum absolute atomic E-state index is 0.376. The van der Waals surface area contributed by atoms with E-state index in [0.29, 0.717) is 5.92 Å². The average Bonchev–Trinajstić information content (AvgIpc) is 3.02. The molecule has 0 N–H and O–H groups in total. The SMILES string of the molecule is CC1([C@@H]2CCCN(Cc3csnn3)C2)OCCO1. The van der Waals surface area contributed by atoms with Gasteiger partial charge in [0.1, 0.15) is 0 Å². The lowest BCUT2D eigenvalue weighted by atomic mass is 9.90. The molecule has 18 heavy (non-hydrogen) atoms. The van der Waals surface area contributed by atoms with E-state index in [2.05, 4.69) is 21.4 Å². The lowest BCUT2D eigenvalue weighted by Gasteiger charge is -2.39. The normalized spacial score (nSPS) is 28.6. The molecule has 0 spiro atoms. The minimum Gasteiger partial charge on any atom is -0.347 e. The third-order valence-electron chi connectivity index (χ3n) is 3.90. The molecular formula is C12H19N3O2S. The summed E-state index contributed by atoms with van der Waals surface area (Å²) in [6.07, 6.45) is 2.38. The Bertz CT molecular complexity index is 379. The summed E-state index contributed by atoms with van der Waals surface area (Å²) in [5.41, 5.74) is 1.07. The highest BCUT2D eigenvalue weighted by atomic mass is 32.1. The molecule has 3 rings (SSSR count). The molecule has 2 aliphatic heterocycles. The topological polar surface area (TPSA) is 47.5 Å². The molecule has 0 bridgehead atoms. The van der Waals surface area contributed by atoms with Crippen LogP contribution in [0.3, 0.4) is 0 Å². The van der Waals surface area contributed by atoms with Gasteiger partial charge in [0.2, 0.25) is 0 Å². The maximum Gasteiger partial charge on any atom is 0.169 e. The lowest BCUT2D eigenvalue weighted by Crippen LogP contribution is -2.46. The second-order valence-electron chi connectivity index (χ2n) is 5.18. The molecule has 2 fully saturated rings. The number of nitrogens with zero attached hydrogens (tertiary/aromatic N) is 3. The van der Waals surface area contributed by atoms with Gasteiger partial charge in [-0.25, -0.2) is 0 Å². The van der Waals surface area contributed by atoms with Crippen molar-refractivity contribution in [2.24, 2.45) is 5.92 Å². The van der Waals surface area contributed by atoms with Crippen LogP contribution in [0.1, 0.15) is 25.5 Å². The summed E-state index contributed by atoms with van der Waals surface area (Å²) in [5.74, 6) is 0.0827. The predicted molar refractivity (Wildman–Crippen MR) is 68.2 cm³/mol. The Labute approximate surface area is 111 Å². The van der Waals surface area contributed by atoms with Crippen LogP contribution in [-0.4, -0.2) is 46.6 Å². The summed E-state index contributed by atoms with van der Waals surface area (Å²) in [5, 5.41) is 6.14. The van der Waals surface area contributed by atoms with E-state index in [-0.39, 0.29) is 5.79 Å². The second kappa shape index (κ2) is 5.21. The molecule has 0 amide bonds. The summed E-state index contributed by atoms with van der Waals surface area (Å²) in [4.78, 5) is 2.43. The zero-order valence-corrected chi connectivity index (χ0v) is 11.5. The van der Waals surface area contributed by atoms with Crippen LogP contribution in [0.4, 0.5) is 0 Å². The molecule has 1 aromatic rings. The van der Waals surface area contributed by atoms with Crippen LogP contribution in [0.15, 0.2) is 5.38 Å².